The summed E-state index contributed by atoms with van der Waals surface area (Å²) in [5.41, 5.74) is 2.02. The molecule has 0 saturated heterocycles. The van der Waals surface area contributed by atoms with E-state index in [1.807, 2.05) is 25.1 Å². The zero-order chi connectivity index (χ0) is 12.5. The van der Waals surface area contributed by atoms with Crippen molar-refractivity contribution in [3.05, 3.63) is 34.4 Å². The quantitative estimate of drug-likeness (QED) is 0.807. The molecule has 0 N–H and O–H groups in total. The second-order valence-corrected chi connectivity index (χ2v) is 5.86. The third kappa shape index (κ3) is 2.37. The molecule has 1 fully saturated rings. The fraction of sp³-hybridized carbons (Fsp3) is 0.400. The predicted molar refractivity (Wildman–Crippen MR) is 77.1 cm³/mol. The number of pyridine rings is 1. The molecule has 0 amide bonds. The van der Waals surface area contributed by atoms with Gasteiger partial charge in [-0.25, -0.2) is 0 Å². The van der Waals surface area contributed by atoms with Crippen LogP contribution in [-0.4, -0.2) is 11.1 Å². The van der Waals surface area contributed by atoms with Crippen molar-refractivity contribution in [2.24, 2.45) is 0 Å². The van der Waals surface area contributed by atoms with Crippen molar-refractivity contribution >= 4 is 26.8 Å². The van der Waals surface area contributed by atoms with Crippen molar-refractivity contribution in [3.63, 3.8) is 0 Å². The minimum absolute atomic E-state index is 0.383. The van der Waals surface area contributed by atoms with E-state index in [0.717, 1.165) is 26.8 Å². The van der Waals surface area contributed by atoms with Crippen molar-refractivity contribution in [2.45, 2.75) is 38.7 Å². The van der Waals surface area contributed by atoms with Crippen LogP contribution in [0.2, 0.25) is 0 Å². The lowest BCUT2D eigenvalue weighted by atomic mass is 10.2. The summed E-state index contributed by atoms with van der Waals surface area (Å²) >= 11 is 3.51. The zero-order valence-electron chi connectivity index (χ0n) is 10.4. The van der Waals surface area contributed by atoms with Crippen LogP contribution in [0.15, 0.2) is 28.7 Å². The molecule has 3 heteroatoms. The van der Waals surface area contributed by atoms with Crippen LogP contribution in [0.4, 0.5) is 0 Å². The SMILES string of the molecule is Cc1cc(OC2CCCC2)c2cc(Br)ccc2n1. The maximum absolute atomic E-state index is 6.16. The average Bonchev–Trinajstić information content (AvgIpc) is 2.83. The molecule has 2 aromatic rings. The Balaban J connectivity index is 2.05. The minimum Gasteiger partial charge on any atom is -0.490 e. The fourth-order valence-corrected chi connectivity index (χ4v) is 2.94. The molecule has 0 radical (unpaired) electrons. The number of rotatable bonds is 2. The van der Waals surface area contributed by atoms with E-state index in [1.54, 1.807) is 0 Å². The van der Waals surface area contributed by atoms with Crippen molar-refractivity contribution in [1.29, 1.82) is 0 Å². The lowest BCUT2D eigenvalue weighted by molar-refractivity contribution is 0.212. The second-order valence-electron chi connectivity index (χ2n) is 4.95. The molecule has 0 bridgehead atoms. The van der Waals surface area contributed by atoms with E-state index in [1.165, 1.54) is 25.7 Å². The number of halogens is 1. The lowest BCUT2D eigenvalue weighted by Crippen LogP contribution is -2.11. The molecule has 3 rings (SSSR count). The van der Waals surface area contributed by atoms with Crippen LogP contribution in [0.3, 0.4) is 0 Å². The highest BCUT2D eigenvalue weighted by Crippen LogP contribution is 2.31. The molecule has 1 aliphatic rings. The van der Waals surface area contributed by atoms with Crippen LogP contribution in [0.25, 0.3) is 10.9 Å². The smallest absolute Gasteiger partial charge is 0.130 e. The van der Waals surface area contributed by atoms with E-state index in [4.69, 9.17) is 4.74 Å². The Morgan fingerprint density at radius 2 is 2.00 bits per heavy atom. The Hall–Kier alpha value is -1.09. The van der Waals surface area contributed by atoms with Gasteiger partial charge in [0, 0.05) is 21.6 Å². The Kier molecular flexibility index (Phi) is 3.25. The Morgan fingerprint density at radius 3 is 2.78 bits per heavy atom. The number of ether oxygens (including phenoxy) is 1. The van der Waals surface area contributed by atoms with Crippen LogP contribution in [0, 0.1) is 6.92 Å². The molecule has 1 heterocycles. The van der Waals surface area contributed by atoms with Gasteiger partial charge in [-0.3, -0.25) is 4.98 Å². The molecule has 2 nitrogen and oxygen atoms in total. The topological polar surface area (TPSA) is 22.1 Å². The van der Waals surface area contributed by atoms with Gasteiger partial charge in [-0.05, 0) is 50.8 Å². The summed E-state index contributed by atoms with van der Waals surface area (Å²) < 4.78 is 7.23. The number of nitrogens with zero attached hydrogens (tertiary/aromatic N) is 1. The first-order chi connectivity index (χ1) is 8.72. The van der Waals surface area contributed by atoms with Gasteiger partial charge in [0.05, 0.1) is 11.6 Å². The predicted octanol–water partition coefficient (Wildman–Crippen LogP) is 4.63. The molecule has 0 atom stereocenters. The van der Waals surface area contributed by atoms with Gasteiger partial charge >= 0.3 is 0 Å². The van der Waals surface area contributed by atoms with Crippen molar-refractivity contribution < 1.29 is 4.74 Å². The molecule has 0 spiro atoms. The minimum atomic E-state index is 0.383. The first-order valence-corrected chi connectivity index (χ1v) is 7.25. The van der Waals surface area contributed by atoms with Gasteiger partial charge in [-0.2, -0.15) is 0 Å². The van der Waals surface area contributed by atoms with E-state index >= 15 is 0 Å². The normalized spacial score (nSPS) is 16.3. The van der Waals surface area contributed by atoms with E-state index in [0.29, 0.717) is 6.10 Å². The Labute approximate surface area is 115 Å². The van der Waals surface area contributed by atoms with Crippen LogP contribution >= 0.6 is 15.9 Å². The maximum atomic E-state index is 6.16. The maximum Gasteiger partial charge on any atom is 0.130 e. The molecule has 1 saturated carbocycles. The van der Waals surface area contributed by atoms with E-state index in [-0.39, 0.29) is 0 Å². The fourth-order valence-electron chi connectivity index (χ4n) is 2.58. The highest BCUT2D eigenvalue weighted by atomic mass is 79.9. The molecule has 0 unspecified atom stereocenters. The molecule has 94 valence electrons. The van der Waals surface area contributed by atoms with Crippen LogP contribution in [-0.2, 0) is 0 Å². The molecule has 18 heavy (non-hydrogen) atoms. The Morgan fingerprint density at radius 1 is 1.22 bits per heavy atom. The van der Waals surface area contributed by atoms with Crippen molar-refractivity contribution in [2.75, 3.05) is 0 Å². The number of aromatic nitrogens is 1. The highest BCUT2D eigenvalue weighted by Gasteiger charge is 2.18. The summed E-state index contributed by atoms with van der Waals surface area (Å²) in [7, 11) is 0. The second kappa shape index (κ2) is 4.88. The molecule has 0 aliphatic heterocycles. The number of benzene rings is 1. The molecule has 1 aliphatic carbocycles. The number of hydrogen-bond acceptors (Lipinski definition) is 2. The van der Waals surface area contributed by atoms with Crippen LogP contribution in [0.5, 0.6) is 5.75 Å². The standard InChI is InChI=1S/C15H16BrNO/c1-10-8-15(18-12-4-2-3-5-12)13-9-11(16)6-7-14(13)17-10/h6-9,12H,2-5H2,1H3. The highest BCUT2D eigenvalue weighted by molar-refractivity contribution is 9.10. The van der Waals surface area contributed by atoms with Gasteiger partial charge in [-0.15, -0.1) is 0 Å². The van der Waals surface area contributed by atoms with Gasteiger partial charge in [-0.1, -0.05) is 15.9 Å². The first-order valence-electron chi connectivity index (χ1n) is 6.46. The van der Waals surface area contributed by atoms with Gasteiger partial charge < -0.3 is 4.74 Å². The summed E-state index contributed by atoms with van der Waals surface area (Å²) in [5, 5.41) is 1.10. The number of aryl methyl sites for hydroxylation is 1. The van der Waals surface area contributed by atoms with E-state index in [9.17, 15) is 0 Å². The van der Waals surface area contributed by atoms with Crippen LogP contribution in [0.1, 0.15) is 31.4 Å². The third-order valence-electron chi connectivity index (χ3n) is 3.46. The monoisotopic (exact) mass is 305 g/mol. The van der Waals surface area contributed by atoms with E-state index in [2.05, 4.69) is 27.0 Å². The van der Waals surface area contributed by atoms with Gasteiger partial charge in [0.2, 0.25) is 0 Å². The van der Waals surface area contributed by atoms with Gasteiger partial charge in [0.1, 0.15) is 5.75 Å². The van der Waals surface area contributed by atoms with Crippen LogP contribution < -0.4 is 4.74 Å². The molecular formula is C15H16BrNO. The molecular weight excluding hydrogens is 290 g/mol. The number of hydrogen-bond donors (Lipinski definition) is 0. The average molecular weight is 306 g/mol. The van der Waals surface area contributed by atoms with Crippen molar-refractivity contribution in [3.8, 4) is 5.75 Å². The first kappa shape index (κ1) is 12.0. The third-order valence-corrected chi connectivity index (χ3v) is 3.95. The summed E-state index contributed by atoms with van der Waals surface area (Å²) in [5.74, 6) is 0.978. The van der Waals surface area contributed by atoms with Gasteiger partial charge in [0.25, 0.3) is 0 Å². The largest absolute Gasteiger partial charge is 0.490 e. The summed E-state index contributed by atoms with van der Waals surface area (Å²) in [6.07, 6.45) is 5.31. The Bertz CT molecular complexity index is 576. The van der Waals surface area contributed by atoms with Gasteiger partial charge in [0.15, 0.2) is 0 Å². The van der Waals surface area contributed by atoms with Crippen molar-refractivity contribution in [1.82, 2.24) is 4.98 Å². The number of fused-ring (bicyclic) bond motifs is 1. The summed E-state index contributed by atoms with van der Waals surface area (Å²) in [6, 6.07) is 8.20. The summed E-state index contributed by atoms with van der Waals surface area (Å²) in [6.45, 7) is 2.02. The summed E-state index contributed by atoms with van der Waals surface area (Å²) in [4.78, 5) is 4.55. The molecule has 1 aromatic carbocycles. The lowest BCUT2D eigenvalue weighted by Gasteiger charge is -2.15. The van der Waals surface area contributed by atoms with E-state index < -0.39 is 0 Å². The zero-order valence-corrected chi connectivity index (χ0v) is 12.0. The molecule has 1 aromatic heterocycles.